The van der Waals surface area contributed by atoms with Gasteiger partial charge in [0, 0.05) is 12.5 Å². The predicted octanol–water partition coefficient (Wildman–Crippen LogP) is 3.49. The van der Waals surface area contributed by atoms with Crippen molar-refractivity contribution in [3.05, 3.63) is 54.1 Å². The molecule has 0 saturated heterocycles. The number of ether oxygens (including phenoxy) is 1. The average Bonchev–Trinajstić information content (AvgIpc) is 2.41. The fraction of sp³-hybridized carbons (Fsp3) is 0.188. The first-order chi connectivity index (χ1) is 9.58. The first-order valence-electron chi connectivity index (χ1n) is 6.39. The van der Waals surface area contributed by atoms with E-state index in [9.17, 15) is 9.90 Å². The molecule has 0 aliphatic heterocycles. The maximum absolute atomic E-state index is 11.2. The van der Waals surface area contributed by atoms with Gasteiger partial charge in [-0.25, -0.2) is 0 Å². The highest BCUT2D eigenvalue weighted by molar-refractivity contribution is 5.90. The highest BCUT2D eigenvalue weighted by atomic mass is 16.5. The number of para-hydroxylation sites is 3. The van der Waals surface area contributed by atoms with Crippen molar-refractivity contribution in [1.82, 2.24) is 0 Å². The molecule has 2 aromatic carbocycles. The van der Waals surface area contributed by atoms with E-state index in [1.807, 2.05) is 24.3 Å². The van der Waals surface area contributed by atoms with E-state index in [-0.39, 0.29) is 5.91 Å². The van der Waals surface area contributed by atoms with Crippen molar-refractivity contribution >= 4 is 11.6 Å². The van der Waals surface area contributed by atoms with Crippen LogP contribution in [0.25, 0.3) is 0 Å². The van der Waals surface area contributed by atoms with Crippen molar-refractivity contribution in [2.75, 3.05) is 5.32 Å². The van der Waals surface area contributed by atoms with E-state index in [0.29, 0.717) is 22.7 Å². The Hall–Kier alpha value is -2.33. The van der Waals surface area contributed by atoms with Gasteiger partial charge in [-0.2, -0.15) is 0 Å². The number of hydrogen-bond donors (Lipinski definition) is 2. The summed E-state index contributed by atoms with van der Waals surface area (Å²) in [4.78, 5) is 11.2. The zero-order valence-corrected chi connectivity index (χ0v) is 11.5. The number of amides is 1. The molecule has 0 spiro atoms. The Labute approximate surface area is 118 Å². The smallest absolute Gasteiger partial charge is 0.221 e. The number of aliphatic hydroxyl groups excluding tert-OH is 1. The third-order valence-electron chi connectivity index (χ3n) is 2.79. The Morgan fingerprint density at radius 2 is 1.70 bits per heavy atom. The van der Waals surface area contributed by atoms with Crippen LogP contribution in [0, 0.1) is 0 Å². The van der Waals surface area contributed by atoms with Gasteiger partial charge in [-0.15, -0.1) is 0 Å². The number of benzene rings is 2. The highest BCUT2D eigenvalue weighted by Crippen LogP contribution is 2.33. The lowest BCUT2D eigenvalue weighted by Gasteiger charge is -2.15. The summed E-state index contributed by atoms with van der Waals surface area (Å²) in [5.74, 6) is 0.945. The van der Waals surface area contributed by atoms with Crippen LogP contribution in [-0.2, 0) is 4.79 Å². The normalized spacial score (nSPS) is 11.8. The lowest BCUT2D eigenvalue weighted by molar-refractivity contribution is -0.114. The van der Waals surface area contributed by atoms with Crippen LogP contribution in [0.4, 0.5) is 5.69 Å². The number of anilines is 1. The molecule has 4 heteroatoms. The molecule has 2 aromatic rings. The van der Waals surface area contributed by atoms with Gasteiger partial charge in [0.15, 0.2) is 5.75 Å². The molecule has 0 saturated carbocycles. The van der Waals surface area contributed by atoms with Gasteiger partial charge in [0.2, 0.25) is 5.91 Å². The zero-order valence-electron chi connectivity index (χ0n) is 11.5. The summed E-state index contributed by atoms with van der Waals surface area (Å²) in [7, 11) is 0. The molecule has 0 aromatic heterocycles. The molecule has 20 heavy (non-hydrogen) atoms. The van der Waals surface area contributed by atoms with Crippen LogP contribution < -0.4 is 10.1 Å². The minimum Gasteiger partial charge on any atom is -0.455 e. The monoisotopic (exact) mass is 271 g/mol. The second-order valence-electron chi connectivity index (χ2n) is 4.49. The fourth-order valence-corrected chi connectivity index (χ4v) is 1.89. The van der Waals surface area contributed by atoms with Crippen molar-refractivity contribution in [3.63, 3.8) is 0 Å². The van der Waals surface area contributed by atoms with Crippen molar-refractivity contribution in [2.45, 2.75) is 20.0 Å². The Morgan fingerprint density at radius 1 is 1.10 bits per heavy atom. The SMILES string of the molecule is CC(=O)Nc1ccccc1Oc1ccccc1[C@H](C)O. The van der Waals surface area contributed by atoms with Crippen LogP contribution in [0.15, 0.2) is 48.5 Å². The summed E-state index contributed by atoms with van der Waals surface area (Å²) in [5.41, 5.74) is 1.30. The van der Waals surface area contributed by atoms with Crippen LogP contribution in [0.2, 0.25) is 0 Å². The summed E-state index contributed by atoms with van der Waals surface area (Å²) >= 11 is 0. The summed E-state index contributed by atoms with van der Waals surface area (Å²) in [6.07, 6.45) is -0.626. The number of rotatable bonds is 4. The highest BCUT2D eigenvalue weighted by Gasteiger charge is 2.11. The first-order valence-corrected chi connectivity index (χ1v) is 6.39. The third kappa shape index (κ3) is 3.36. The summed E-state index contributed by atoms with van der Waals surface area (Å²) in [6, 6.07) is 14.4. The molecule has 0 aliphatic rings. The molecule has 0 unspecified atom stereocenters. The number of hydrogen-bond acceptors (Lipinski definition) is 3. The summed E-state index contributed by atoms with van der Waals surface area (Å²) in [6.45, 7) is 3.13. The van der Waals surface area contributed by atoms with Gasteiger partial charge in [-0.3, -0.25) is 4.79 Å². The van der Waals surface area contributed by atoms with Gasteiger partial charge in [-0.05, 0) is 25.1 Å². The Kier molecular flexibility index (Phi) is 4.38. The fourth-order valence-electron chi connectivity index (χ4n) is 1.89. The molecule has 0 radical (unpaired) electrons. The molecule has 104 valence electrons. The largest absolute Gasteiger partial charge is 0.455 e. The van der Waals surface area contributed by atoms with Gasteiger partial charge in [0.1, 0.15) is 5.75 Å². The standard InChI is InChI=1S/C16H17NO3/c1-11(18)13-7-3-5-9-15(13)20-16-10-6-4-8-14(16)17-12(2)19/h3-11,18H,1-2H3,(H,17,19)/t11-/m0/s1. The van der Waals surface area contributed by atoms with E-state index in [1.54, 1.807) is 31.2 Å². The Balaban J connectivity index is 2.33. The minimum absolute atomic E-state index is 0.162. The molecule has 0 bridgehead atoms. The van der Waals surface area contributed by atoms with E-state index < -0.39 is 6.10 Å². The zero-order chi connectivity index (χ0) is 14.5. The number of carbonyl (C=O) groups excluding carboxylic acids is 1. The minimum atomic E-state index is -0.626. The molecule has 1 amide bonds. The number of carbonyl (C=O) groups is 1. The van der Waals surface area contributed by atoms with Crippen molar-refractivity contribution in [3.8, 4) is 11.5 Å². The van der Waals surface area contributed by atoms with Crippen LogP contribution >= 0.6 is 0 Å². The molecule has 0 heterocycles. The number of nitrogens with one attached hydrogen (secondary N) is 1. The molecular formula is C16H17NO3. The molecular weight excluding hydrogens is 254 g/mol. The van der Waals surface area contributed by atoms with Crippen molar-refractivity contribution < 1.29 is 14.6 Å². The molecule has 4 nitrogen and oxygen atoms in total. The van der Waals surface area contributed by atoms with Crippen LogP contribution in [0.3, 0.4) is 0 Å². The Bertz CT molecular complexity index is 608. The second kappa shape index (κ2) is 6.21. The quantitative estimate of drug-likeness (QED) is 0.894. The van der Waals surface area contributed by atoms with E-state index in [1.165, 1.54) is 6.92 Å². The molecule has 1 atom stereocenters. The maximum atomic E-state index is 11.2. The average molecular weight is 271 g/mol. The van der Waals surface area contributed by atoms with Gasteiger partial charge in [0.25, 0.3) is 0 Å². The molecule has 0 aliphatic carbocycles. The van der Waals surface area contributed by atoms with Gasteiger partial charge < -0.3 is 15.2 Å². The lowest BCUT2D eigenvalue weighted by atomic mass is 10.1. The molecule has 2 N–H and O–H groups in total. The van der Waals surface area contributed by atoms with E-state index in [0.717, 1.165) is 0 Å². The van der Waals surface area contributed by atoms with E-state index >= 15 is 0 Å². The predicted molar refractivity (Wildman–Crippen MR) is 77.9 cm³/mol. The van der Waals surface area contributed by atoms with Gasteiger partial charge in [-0.1, -0.05) is 30.3 Å². The third-order valence-corrected chi connectivity index (χ3v) is 2.79. The summed E-state index contributed by atoms with van der Waals surface area (Å²) < 4.78 is 5.83. The Morgan fingerprint density at radius 3 is 2.35 bits per heavy atom. The van der Waals surface area contributed by atoms with Crippen molar-refractivity contribution in [1.29, 1.82) is 0 Å². The maximum Gasteiger partial charge on any atom is 0.221 e. The second-order valence-corrected chi connectivity index (χ2v) is 4.49. The topological polar surface area (TPSA) is 58.6 Å². The number of aliphatic hydroxyl groups is 1. The summed E-state index contributed by atoms with van der Waals surface area (Å²) in [5, 5.41) is 12.5. The van der Waals surface area contributed by atoms with Gasteiger partial charge in [0.05, 0.1) is 11.8 Å². The van der Waals surface area contributed by atoms with E-state index in [4.69, 9.17) is 4.74 Å². The lowest BCUT2D eigenvalue weighted by Crippen LogP contribution is -2.07. The van der Waals surface area contributed by atoms with E-state index in [2.05, 4.69) is 5.32 Å². The van der Waals surface area contributed by atoms with Crippen molar-refractivity contribution in [2.24, 2.45) is 0 Å². The van der Waals surface area contributed by atoms with Crippen LogP contribution in [-0.4, -0.2) is 11.0 Å². The van der Waals surface area contributed by atoms with Crippen LogP contribution in [0.5, 0.6) is 11.5 Å². The van der Waals surface area contributed by atoms with Crippen LogP contribution in [0.1, 0.15) is 25.5 Å². The van der Waals surface area contributed by atoms with Gasteiger partial charge >= 0.3 is 0 Å². The molecule has 0 fully saturated rings. The molecule has 2 rings (SSSR count). The first kappa shape index (κ1) is 14.1.